The van der Waals surface area contributed by atoms with E-state index in [0.717, 1.165) is 17.2 Å². The first-order chi connectivity index (χ1) is 15.3. The minimum absolute atomic E-state index is 0.0307. The molecule has 0 aromatic heterocycles. The monoisotopic (exact) mass is 477 g/mol. The van der Waals surface area contributed by atoms with Gasteiger partial charge in [0.2, 0.25) is 21.8 Å². The number of hydrogen-bond acceptors (Lipinski definition) is 5. The van der Waals surface area contributed by atoms with Gasteiger partial charge in [-0.25, -0.2) is 8.42 Å². The standard InChI is InChI=1S/C22H24ClN3O5S/c23-16-5-3-15-9-19(6-4-14(15)8-16)32(29,30)24-20-2-1-7-25(22(20)28)12-21(27)26-11-18-10-17(26)13-31-18/h3-6,8-9,17-18,20,24H,1-2,7,10-13H2. The zero-order valence-electron chi connectivity index (χ0n) is 17.4. The molecule has 2 aromatic carbocycles. The number of amides is 2. The molecule has 10 heteroatoms. The molecule has 3 fully saturated rings. The number of fused-ring (bicyclic) bond motifs is 3. The van der Waals surface area contributed by atoms with Gasteiger partial charge in [0, 0.05) is 18.1 Å². The van der Waals surface area contributed by atoms with E-state index in [4.69, 9.17) is 16.3 Å². The molecule has 3 atom stereocenters. The van der Waals surface area contributed by atoms with E-state index in [9.17, 15) is 18.0 Å². The first-order valence-electron chi connectivity index (χ1n) is 10.7. The zero-order valence-corrected chi connectivity index (χ0v) is 18.9. The van der Waals surface area contributed by atoms with E-state index in [1.807, 2.05) is 0 Å². The average Bonchev–Trinajstić information content (AvgIpc) is 3.40. The third kappa shape index (κ3) is 4.10. The van der Waals surface area contributed by atoms with Crippen molar-refractivity contribution in [2.75, 3.05) is 26.2 Å². The second-order valence-corrected chi connectivity index (χ2v) is 10.8. The first-order valence-corrected chi connectivity index (χ1v) is 12.6. The lowest BCUT2D eigenvalue weighted by molar-refractivity contribution is -0.145. The number of sulfonamides is 1. The number of carbonyl (C=O) groups is 2. The van der Waals surface area contributed by atoms with Crippen LogP contribution in [0.3, 0.4) is 0 Å². The molecular formula is C22H24ClN3O5S. The van der Waals surface area contributed by atoms with Crippen molar-refractivity contribution in [2.24, 2.45) is 0 Å². The highest BCUT2D eigenvalue weighted by Gasteiger charge is 2.42. The normalized spacial score (nSPS) is 25.7. The Morgan fingerprint density at radius 2 is 1.97 bits per heavy atom. The first kappa shape index (κ1) is 21.6. The molecule has 2 aromatic rings. The summed E-state index contributed by atoms with van der Waals surface area (Å²) in [7, 11) is -3.91. The minimum Gasteiger partial charge on any atom is -0.374 e. The fourth-order valence-corrected chi connectivity index (χ4v) is 6.22. The van der Waals surface area contributed by atoms with E-state index in [2.05, 4.69) is 4.72 Å². The average molecular weight is 478 g/mol. The second-order valence-electron chi connectivity index (χ2n) is 8.62. The summed E-state index contributed by atoms with van der Waals surface area (Å²) in [6.45, 7) is 1.52. The largest absolute Gasteiger partial charge is 0.374 e. The minimum atomic E-state index is -3.91. The Bertz CT molecular complexity index is 1190. The van der Waals surface area contributed by atoms with Crippen molar-refractivity contribution in [2.45, 2.75) is 42.3 Å². The van der Waals surface area contributed by atoms with Crippen molar-refractivity contribution in [3.05, 3.63) is 41.4 Å². The lowest BCUT2D eigenvalue weighted by atomic mass is 10.1. The Hall–Kier alpha value is -2.20. The van der Waals surface area contributed by atoms with Crippen molar-refractivity contribution < 1.29 is 22.7 Å². The highest BCUT2D eigenvalue weighted by molar-refractivity contribution is 7.89. The van der Waals surface area contributed by atoms with Crippen LogP contribution in [0.15, 0.2) is 41.3 Å². The summed E-state index contributed by atoms with van der Waals surface area (Å²) in [5.41, 5.74) is 0. The lowest BCUT2D eigenvalue weighted by Gasteiger charge is -2.34. The SMILES string of the molecule is O=C1C(NS(=O)(=O)c2ccc3cc(Cl)ccc3c2)CCCN1CC(=O)N1CC2CC1CO2. The summed E-state index contributed by atoms with van der Waals surface area (Å²) in [5, 5.41) is 2.14. The maximum Gasteiger partial charge on any atom is 0.242 e. The van der Waals surface area contributed by atoms with Gasteiger partial charge in [0.1, 0.15) is 6.04 Å². The third-order valence-corrected chi connectivity index (χ3v) is 8.16. The molecule has 170 valence electrons. The molecule has 5 rings (SSSR count). The number of benzene rings is 2. The Morgan fingerprint density at radius 3 is 2.72 bits per heavy atom. The van der Waals surface area contributed by atoms with Crippen molar-refractivity contribution in [1.82, 2.24) is 14.5 Å². The predicted molar refractivity (Wildman–Crippen MR) is 119 cm³/mol. The number of nitrogens with zero attached hydrogens (tertiary/aromatic N) is 2. The maximum atomic E-state index is 13.0. The molecule has 0 aliphatic carbocycles. The number of carbonyl (C=O) groups excluding carboxylic acids is 2. The molecule has 3 aliphatic heterocycles. The summed E-state index contributed by atoms with van der Waals surface area (Å²) in [6, 6.07) is 9.17. The summed E-state index contributed by atoms with van der Waals surface area (Å²) < 4.78 is 34.0. The Labute approximate surface area is 191 Å². The summed E-state index contributed by atoms with van der Waals surface area (Å²) in [5.74, 6) is -0.466. The number of likely N-dealkylation sites (tertiary alicyclic amines) is 2. The summed E-state index contributed by atoms with van der Waals surface area (Å²) >= 11 is 6.00. The van der Waals surface area contributed by atoms with Gasteiger partial charge >= 0.3 is 0 Å². The van der Waals surface area contributed by atoms with Crippen molar-refractivity contribution in [3.8, 4) is 0 Å². The molecule has 1 N–H and O–H groups in total. The molecule has 3 aliphatic rings. The molecule has 32 heavy (non-hydrogen) atoms. The number of hydrogen-bond donors (Lipinski definition) is 1. The van der Waals surface area contributed by atoms with Gasteiger partial charge in [-0.2, -0.15) is 4.72 Å². The van der Waals surface area contributed by atoms with Crippen LogP contribution in [0.4, 0.5) is 0 Å². The molecule has 0 spiro atoms. The Balaban J connectivity index is 1.27. The van der Waals surface area contributed by atoms with Gasteiger partial charge in [-0.1, -0.05) is 23.7 Å². The van der Waals surface area contributed by atoms with Crippen LogP contribution in [-0.2, 0) is 24.3 Å². The molecule has 2 amide bonds. The van der Waals surface area contributed by atoms with Crippen LogP contribution in [0.25, 0.3) is 10.8 Å². The van der Waals surface area contributed by atoms with E-state index >= 15 is 0 Å². The van der Waals surface area contributed by atoms with Gasteiger partial charge in [0.25, 0.3) is 0 Å². The van der Waals surface area contributed by atoms with Crippen LogP contribution in [0, 0.1) is 0 Å². The van der Waals surface area contributed by atoms with Crippen molar-refractivity contribution in [3.63, 3.8) is 0 Å². The van der Waals surface area contributed by atoms with E-state index in [1.165, 1.54) is 11.0 Å². The van der Waals surface area contributed by atoms with E-state index in [-0.39, 0.29) is 35.4 Å². The Kier molecular flexibility index (Phi) is 5.61. The predicted octanol–water partition coefficient (Wildman–Crippen LogP) is 1.76. The van der Waals surface area contributed by atoms with Gasteiger partial charge in [0.15, 0.2) is 0 Å². The molecule has 3 unspecified atom stereocenters. The Morgan fingerprint density at radius 1 is 1.19 bits per heavy atom. The number of morpholine rings is 1. The number of piperidine rings is 1. The fraction of sp³-hybridized carbons (Fsp3) is 0.455. The summed E-state index contributed by atoms with van der Waals surface area (Å²) in [4.78, 5) is 29.1. The number of halogens is 1. The lowest BCUT2D eigenvalue weighted by Crippen LogP contribution is -2.55. The van der Waals surface area contributed by atoms with E-state index < -0.39 is 16.1 Å². The van der Waals surface area contributed by atoms with Crippen LogP contribution in [0.1, 0.15) is 19.3 Å². The van der Waals surface area contributed by atoms with Gasteiger partial charge in [-0.15, -0.1) is 0 Å². The van der Waals surface area contributed by atoms with Crippen LogP contribution < -0.4 is 4.72 Å². The maximum absolute atomic E-state index is 13.0. The van der Waals surface area contributed by atoms with Gasteiger partial charge in [0.05, 0.1) is 30.2 Å². The van der Waals surface area contributed by atoms with Gasteiger partial charge in [-0.05, 0) is 54.3 Å². The van der Waals surface area contributed by atoms with Crippen LogP contribution in [-0.4, -0.2) is 74.5 Å². The van der Waals surface area contributed by atoms with Crippen LogP contribution in [0.5, 0.6) is 0 Å². The second kappa shape index (κ2) is 8.30. The number of ether oxygens (including phenoxy) is 1. The van der Waals surface area contributed by atoms with Crippen LogP contribution >= 0.6 is 11.6 Å². The number of rotatable bonds is 5. The molecule has 3 saturated heterocycles. The number of nitrogens with one attached hydrogen (secondary N) is 1. The van der Waals surface area contributed by atoms with Crippen LogP contribution in [0.2, 0.25) is 5.02 Å². The van der Waals surface area contributed by atoms with E-state index in [0.29, 0.717) is 37.6 Å². The molecule has 0 radical (unpaired) electrons. The third-order valence-electron chi connectivity index (χ3n) is 6.46. The molecule has 3 heterocycles. The zero-order chi connectivity index (χ0) is 22.5. The quantitative estimate of drug-likeness (QED) is 0.708. The summed E-state index contributed by atoms with van der Waals surface area (Å²) in [6.07, 6.45) is 1.96. The fourth-order valence-electron chi connectivity index (χ4n) is 4.78. The van der Waals surface area contributed by atoms with Gasteiger partial charge in [-0.3, -0.25) is 9.59 Å². The topological polar surface area (TPSA) is 96.0 Å². The highest BCUT2D eigenvalue weighted by atomic mass is 35.5. The van der Waals surface area contributed by atoms with Gasteiger partial charge < -0.3 is 14.5 Å². The molecular weight excluding hydrogens is 454 g/mol. The molecule has 2 bridgehead atoms. The van der Waals surface area contributed by atoms with Crippen molar-refractivity contribution in [1.29, 1.82) is 0 Å². The smallest absolute Gasteiger partial charge is 0.242 e. The molecule has 8 nitrogen and oxygen atoms in total. The molecule has 0 saturated carbocycles. The van der Waals surface area contributed by atoms with Crippen molar-refractivity contribution >= 4 is 44.2 Å². The highest BCUT2D eigenvalue weighted by Crippen LogP contribution is 2.28. The van der Waals surface area contributed by atoms with E-state index in [1.54, 1.807) is 35.2 Å².